The Labute approximate surface area is 148 Å². The number of ether oxygens (including phenoxy) is 1. The summed E-state index contributed by atoms with van der Waals surface area (Å²) in [5.41, 5.74) is -0.570. The van der Waals surface area contributed by atoms with Crippen molar-refractivity contribution in [3.8, 4) is 0 Å². The van der Waals surface area contributed by atoms with Gasteiger partial charge in [0.15, 0.2) is 0 Å². The Hall–Kier alpha value is -1.19. The summed E-state index contributed by atoms with van der Waals surface area (Å²) in [6.07, 6.45) is 1.14. The molecule has 1 aliphatic carbocycles. The number of carbonyl (C=O) groups is 2. The number of amides is 1. The Kier molecular flexibility index (Phi) is 4.85. The lowest BCUT2D eigenvalue weighted by molar-refractivity contribution is -0.142. The number of sulfonamides is 1. The molecule has 1 unspecified atom stereocenters. The molecule has 3 fully saturated rings. The zero-order chi connectivity index (χ0) is 18.4. The molecule has 2 aliphatic heterocycles. The lowest BCUT2D eigenvalue weighted by atomic mass is 10.1. The molecule has 3 rings (SSSR count). The number of carboxylic acids is 1. The molecule has 9 heteroatoms. The minimum Gasteiger partial charge on any atom is -0.481 e. The fourth-order valence-electron chi connectivity index (χ4n) is 4.15. The Balaban J connectivity index is 1.69. The monoisotopic (exact) mass is 374 g/mol. The fraction of sp³-hybridized carbons (Fsp3) is 0.875. The van der Waals surface area contributed by atoms with Crippen LogP contribution in [0.4, 0.5) is 0 Å². The number of likely N-dealkylation sites (tertiary alicyclic amines) is 1. The van der Waals surface area contributed by atoms with E-state index in [4.69, 9.17) is 4.74 Å². The molecule has 1 N–H and O–H groups in total. The molecule has 0 bridgehead atoms. The number of aliphatic carboxylic acids is 1. The zero-order valence-electron chi connectivity index (χ0n) is 14.7. The van der Waals surface area contributed by atoms with Crippen molar-refractivity contribution >= 4 is 21.9 Å². The molecule has 8 nitrogen and oxygen atoms in total. The molecular weight excluding hydrogens is 348 g/mol. The molecule has 3 atom stereocenters. The molecule has 0 radical (unpaired) electrons. The molecule has 0 aromatic heterocycles. The Morgan fingerprint density at radius 1 is 1.12 bits per heavy atom. The third-order valence-electron chi connectivity index (χ3n) is 5.80. The van der Waals surface area contributed by atoms with Crippen molar-refractivity contribution in [1.82, 2.24) is 9.21 Å². The zero-order valence-corrected chi connectivity index (χ0v) is 15.5. The summed E-state index contributed by atoms with van der Waals surface area (Å²) in [4.78, 5) is 25.7. The summed E-state index contributed by atoms with van der Waals surface area (Å²) in [7, 11) is -3.47. The molecular formula is C16H26N2O6S. The molecule has 0 spiro atoms. The van der Waals surface area contributed by atoms with Crippen LogP contribution in [0.3, 0.4) is 0 Å². The largest absolute Gasteiger partial charge is 0.481 e. The van der Waals surface area contributed by atoms with E-state index in [9.17, 15) is 23.1 Å². The molecule has 1 amide bonds. The summed E-state index contributed by atoms with van der Waals surface area (Å²) in [6.45, 7) is 5.69. The van der Waals surface area contributed by atoms with Gasteiger partial charge in [-0.3, -0.25) is 9.59 Å². The van der Waals surface area contributed by atoms with Crippen molar-refractivity contribution in [3.63, 3.8) is 0 Å². The predicted octanol–water partition coefficient (Wildman–Crippen LogP) is -0.00380. The maximum atomic E-state index is 12.8. The first-order valence-electron chi connectivity index (χ1n) is 8.75. The van der Waals surface area contributed by atoms with E-state index in [0.29, 0.717) is 45.7 Å². The van der Waals surface area contributed by atoms with E-state index < -0.39 is 38.5 Å². The fourth-order valence-corrected chi connectivity index (χ4v) is 6.06. The maximum absolute atomic E-state index is 12.8. The van der Waals surface area contributed by atoms with E-state index in [2.05, 4.69) is 0 Å². The molecule has 25 heavy (non-hydrogen) atoms. The number of carboxylic acid groups (broad SMARTS) is 1. The quantitative estimate of drug-likeness (QED) is 0.743. The number of piperidine rings is 1. The summed E-state index contributed by atoms with van der Waals surface area (Å²) < 4.78 is 32.3. The van der Waals surface area contributed by atoms with Gasteiger partial charge in [-0.1, -0.05) is 13.8 Å². The second kappa shape index (κ2) is 6.51. The van der Waals surface area contributed by atoms with Crippen molar-refractivity contribution in [2.45, 2.75) is 31.9 Å². The minimum absolute atomic E-state index is 0.150. The normalized spacial score (nSPS) is 33.0. The Morgan fingerprint density at radius 2 is 1.76 bits per heavy atom. The van der Waals surface area contributed by atoms with Gasteiger partial charge in [-0.15, -0.1) is 0 Å². The molecule has 3 aliphatic rings. The highest BCUT2D eigenvalue weighted by atomic mass is 32.2. The van der Waals surface area contributed by atoms with E-state index in [1.54, 1.807) is 18.7 Å². The standard InChI is InChI=1S/C16H26N2O6S/c1-16(2)12(13(16)15(20)21)14(19)17-5-3-4-11(10-17)25(22,23)18-6-8-24-9-7-18/h11-13H,3-10H2,1-2H3,(H,20,21)/t11?,12-,13+/m1/s1. The van der Waals surface area contributed by atoms with Gasteiger partial charge >= 0.3 is 5.97 Å². The predicted molar refractivity (Wildman–Crippen MR) is 89.3 cm³/mol. The summed E-state index contributed by atoms with van der Waals surface area (Å²) >= 11 is 0. The first-order chi connectivity index (χ1) is 11.7. The molecule has 1 saturated carbocycles. The van der Waals surface area contributed by atoms with Crippen LogP contribution in [0.2, 0.25) is 0 Å². The Bertz CT molecular complexity index is 656. The number of hydrogen-bond donors (Lipinski definition) is 1. The van der Waals surface area contributed by atoms with Gasteiger partial charge in [0.05, 0.1) is 30.3 Å². The van der Waals surface area contributed by atoms with Crippen LogP contribution in [-0.2, 0) is 24.3 Å². The number of hydrogen-bond acceptors (Lipinski definition) is 5. The van der Waals surface area contributed by atoms with Gasteiger partial charge in [-0.2, -0.15) is 4.31 Å². The SMILES string of the molecule is CC1(C)[C@H](C(=O)O)[C@@H]1C(=O)N1CCCC(S(=O)(=O)N2CCOCC2)C1. The van der Waals surface area contributed by atoms with Crippen LogP contribution in [0.1, 0.15) is 26.7 Å². The average molecular weight is 374 g/mol. The van der Waals surface area contributed by atoms with E-state index in [1.165, 1.54) is 4.31 Å². The highest BCUT2D eigenvalue weighted by Gasteiger charge is 2.66. The van der Waals surface area contributed by atoms with Crippen molar-refractivity contribution in [1.29, 1.82) is 0 Å². The average Bonchev–Trinajstić information content (AvgIpc) is 3.17. The van der Waals surface area contributed by atoms with Gasteiger partial charge in [0, 0.05) is 26.2 Å². The summed E-state index contributed by atoms with van der Waals surface area (Å²) in [5.74, 6) is -2.43. The number of rotatable bonds is 4. The molecule has 0 aromatic carbocycles. The smallest absolute Gasteiger partial charge is 0.307 e. The number of carbonyl (C=O) groups excluding carboxylic acids is 1. The lowest BCUT2D eigenvalue weighted by Gasteiger charge is -2.36. The van der Waals surface area contributed by atoms with Crippen LogP contribution in [0.5, 0.6) is 0 Å². The number of nitrogens with zero attached hydrogens (tertiary/aromatic N) is 2. The third kappa shape index (κ3) is 3.29. The van der Waals surface area contributed by atoms with Crippen LogP contribution in [0.25, 0.3) is 0 Å². The van der Waals surface area contributed by atoms with Crippen molar-refractivity contribution < 1.29 is 27.9 Å². The molecule has 0 aromatic rings. The highest BCUT2D eigenvalue weighted by molar-refractivity contribution is 7.89. The lowest BCUT2D eigenvalue weighted by Crippen LogP contribution is -2.52. The van der Waals surface area contributed by atoms with Gasteiger partial charge < -0.3 is 14.7 Å². The van der Waals surface area contributed by atoms with Gasteiger partial charge in [-0.05, 0) is 18.3 Å². The molecule has 2 saturated heterocycles. The maximum Gasteiger partial charge on any atom is 0.307 e. The number of morpholine rings is 1. The van der Waals surface area contributed by atoms with Crippen LogP contribution in [-0.4, -0.2) is 79.2 Å². The van der Waals surface area contributed by atoms with Crippen LogP contribution in [0, 0.1) is 17.3 Å². The first-order valence-corrected chi connectivity index (χ1v) is 10.3. The van der Waals surface area contributed by atoms with Gasteiger partial charge in [0.25, 0.3) is 0 Å². The van der Waals surface area contributed by atoms with E-state index in [-0.39, 0.29) is 12.5 Å². The second-order valence-corrected chi connectivity index (χ2v) is 9.93. The van der Waals surface area contributed by atoms with E-state index in [0.717, 1.165) is 0 Å². The van der Waals surface area contributed by atoms with Crippen LogP contribution in [0.15, 0.2) is 0 Å². The van der Waals surface area contributed by atoms with Crippen molar-refractivity contribution in [2.24, 2.45) is 17.3 Å². The topological polar surface area (TPSA) is 104 Å². The molecule has 142 valence electrons. The summed E-state index contributed by atoms with van der Waals surface area (Å²) in [6, 6.07) is 0. The van der Waals surface area contributed by atoms with Gasteiger partial charge in [0.2, 0.25) is 15.9 Å². The summed E-state index contributed by atoms with van der Waals surface area (Å²) in [5, 5.41) is 8.66. The Morgan fingerprint density at radius 3 is 2.32 bits per heavy atom. The first kappa shape index (κ1) is 18.6. The molecule has 2 heterocycles. The van der Waals surface area contributed by atoms with Crippen LogP contribution < -0.4 is 0 Å². The van der Waals surface area contributed by atoms with Crippen molar-refractivity contribution in [2.75, 3.05) is 39.4 Å². The third-order valence-corrected chi connectivity index (χ3v) is 8.11. The van der Waals surface area contributed by atoms with Crippen molar-refractivity contribution in [3.05, 3.63) is 0 Å². The van der Waals surface area contributed by atoms with Gasteiger partial charge in [-0.25, -0.2) is 8.42 Å². The minimum atomic E-state index is -3.47. The highest BCUT2D eigenvalue weighted by Crippen LogP contribution is 2.59. The second-order valence-electron chi connectivity index (χ2n) is 7.72. The van der Waals surface area contributed by atoms with E-state index >= 15 is 0 Å². The van der Waals surface area contributed by atoms with E-state index in [1.807, 2.05) is 0 Å². The van der Waals surface area contributed by atoms with Gasteiger partial charge in [0.1, 0.15) is 0 Å². The van der Waals surface area contributed by atoms with Crippen LogP contribution >= 0.6 is 0 Å².